The summed E-state index contributed by atoms with van der Waals surface area (Å²) in [5.74, 6) is 0. The Morgan fingerprint density at radius 1 is 1.44 bits per heavy atom. The van der Waals surface area contributed by atoms with Crippen LogP contribution in [0.15, 0.2) is 35.4 Å². The third-order valence-electron chi connectivity index (χ3n) is 2.03. The third-order valence-corrected chi connectivity index (χ3v) is 4.33. The Hall–Kier alpha value is -1.58. The van der Waals surface area contributed by atoms with Gasteiger partial charge in [-0.1, -0.05) is 28.8 Å². The number of anilines is 1. The van der Waals surface area contributed by atoms with Gasteiger partial charge in [-0.15, -0.1) is 5.10 Å². The third kappa shape index (κ3) is 2.81. The lowest BCUT2D eigenvalue weighted by Crippen LogP contribution is -2.14. The average molecular weight is 300 g/mol. The molecule has 0 spiro atoms. The molecule has 3 N–H and O–H groups in total. The van der Waals surface area contributed by atoms with Gasteiger partial charge in [0, 0.05) is 17.1 Å². The number of thiocarbonyl (C=S) groups is 1. The second-order valence-corrected chi connectivity index (χ2v) is 6.19. The summed E-state index contributed by atoms with van der Waals surface area (Å²) >= 11 is 5.76. The molecule has 0 amide bonds. The lowest BCUT2D eigenvalue weighted by molar-refractivity contribution is 0.601. The van der Waals surface area contributed by atoms with Gasteiger partial charge in [-0.25, -0.2) is 8.42 Å². The molecular weight excluding hydrogens is 292 g/mol. The highest BCUT2D eigenvalue weighted by Crippen LogP contribution is 2.18. The molecule has 0 aliphatic rings. The molecule has 0 saturated heterocycles. The maximum absolute atomic E-state index is 12.0. The van der Waals surface area contributed by atoms with Crippen LogP contribution in [-0.4, -0.2) is 23.0 Å². The summed E-state index contributed by atoms with van der Waals surface area (Å²) in [5.41, 5.74) is 5.96. The highest BCUT2D eigenvalue weighted by Gasteiger charge is 2.16. The highest BCUT2D eigenvalue weighted by atomic mass is 32.2. The molecule has 0 aliphatic heterocycles. The van der Waals surface area contributed by atoms with Gasteiger partial charge in [0.25, 0.3) is 10.0 Å². The van der Waals surface area contributed by atoms with Gasteiger partial charge in [0.1, 0.15) is 9.99 Å². The minimum atomic E-state index is -3.67. The number of benzene rings is 1. The van der Waals surface area contributed by atoms with Crippen molar-refractivity contribution in [3.63, 3.8) is 0 Å². The molecule has 0 unspecified atom stereocenters. The fraction of sp³-hybridized carbons (Fsp3) is 0. The lowest BCUT2D eigenvalue weighted by atomic mass is 10.2. The average Bonchev–Trinajstić information content (AvgIpc) is 2.81. The molecule has 9 heteroatoms. The molecule has 2 rings (SSSR count). The van der Waals surface area contributed by atoms with Gasteiger partial charge in [-0.3, -0.25) is 4.72 Å². The minimum Gasteiger partial charge on any atom is -0.389 e. The van der Waals surface area contributed by atoms with Crippen LogP contribution in [0.4, 0.5) is 5.00 Å². The van der Waals surface area contributed by atoms with Crippen molar-refractivity contribution in [2.45, 2.75) is 4.90 Å². The number of rotatable bonds is 4. The second-order valence-electron chi connectivity index (χ2n) is 3.28. The first-order chi connectivity index (χ1) is 8.49. The molecule has 2 aromatic rings. The quantitative estimate of drug-likeness (QED) is 0.817. The summed E-state index contributed by atoms with van der Waals surface area (Å²) in [7, 11) is -3.67. The van der Waals surface area contributed by atoms with Crippen LogP contribution >= 0.6 is 23.8 Å². The van der Waals surface area contributed by atoms with Gasteiger partial charge >= 0.3 is 0 Å². The van der Waals surface area contributed by atoms with E-state index in [0.717, 1.165) is 11.5 Å². The molecule has 0 saturated carbocycles. The van der Waals surface area contributed by atoms with Crippen molar-refractivity contribution in [2.24, 2.45) is 5.73 Å². The van der Waals surface area contributed by atoms with Crippen molar-refractivity contribution in [2.75, 3.05) is 4.72 Å². The molecule has 0 bridgehead atoms. The highest BCUT2D eigenvalue weighted by molar-refractivity contribution is 7.93. The van der Waals surface area contributed by atoms with E-state index in [1.165, 1.54) is 18.3 Å². The first kappa shape index (κ1) is 12.9. The molecule has 1 heterocycles. The van der Waals surface area contributed by atoms with Crippen molar-refractivity contribution in [3.8, 4) is 0 Å². The van der Waals surface area contributed by atoms with E-state index in [1.807, 2.05) is 0 Å². The van der Waals surface area contributed by atoms with Crippen LogP contribution in [0.2, 0.25) is 0 Å². The Morgan fingerprint density at radius 3 is 2.83 bits per heavy atom. The summed E-state index contributed by atoms with van der Waals surface area (Å²) in [6.07, 6.45) is 1.33. The number of hydrogen-bond acceptors (Lipinski definition) is 6. The van der Waals surface area contributed by atoms with Crippen molar-refractivity contribution >= 4 is 43.8 Å². The van der Waals surface area contributed by atoms with E-state index in [1.54, 1.807) is 12.1 Å². The Bertz CT molecular complexity index is 667. The number of aromatic nitrogens is 2. The molecule has 0 atom stereocenters. The van der Waals surface area contributed by atoms with E-state index in [-0.39, 0.29) is 9.88 Å². The van der Waals surface area contributed by atoms with Gasteiger partial charge in [0.15, 0.2) is 0 Å². The Balaban J connectivity index is 2.35. The largest absolute Gasteiger partial charge is 0.389 e. The number of nitrogens with two attached hydrogens (primary N) is 1. The van der Waals surface area contributed by atoms with Gasteiger partial charge < -0.3 is 5.73 Å². The fourth-order valence-corrected chi connectivity index (χ4v) is 3.08. The van der Waals surface area contributed by atoms with E-state index in [4.69, 9.17) is 18.0 Å². The molecule has 1 aromatic carbocycles. The Morgan fingerprint density at radius 2 is 2.22 bits per heavy atom. The van der Waals surface area contributed by atoms with Gasteiger partial charge in [-0.2, -0.15) is 0 Å². The Labute approximate surface area is 113 Å². The van der Waals surface area contributed by atoms with Crippen molar-refractivity contribution in [3.05, 3.63) is 36.0 Å². The first-order valence-corrected chi connectivity index (χ1v) is 7.35. The summed E-state index contributed by atoms with van der Waals surface area (Å²) in [5, 5.41) is 3.89. The molecule has 6 nitrogen and oxygen atoms in total. The van der Waals surface area contributed by atoms with E-state index in [9.17, 15) is 8.42 Å². The predicted molar refractivity (Wildman–Crippen MR) is 73.0 cm³/mol. The molecule has 1 aromatic heterocycles. The van der Waals surface area contributed by atoms with Gasteiger partial charge in [0.2, 0.25) is 0 Å². The predicted octanol–water partition coefficient (Wildman–Crippen LogP) is 0.973. The number of hydrogen-bond donors (Lipinski definition) is 2. The molecule has 0 aliphatic carbocycles. The number of nitrogens with zero attached hydrogens (tertiary/aromatic N) is 2. The minimum absolute atomic E-state index is 0.0844. The fourth-order valence-electron chi connectivity index (χ4n) is 1.22. The van der Waals surface area contributed by atoms with E-state index in [0.29, 0.717) is 10.6 Å². The van der Waals surface area contributed by atoms with Crippen LogP contribution in [0.5, 0.6) is 0 Å². The zero-order valence-electron chi connectivity index (χ0n) is 8.90. The zero-order chi connectivity index (χ0) is 13.2. The van der Waals surface area contributed by atoms with Crippen LogP contribution in [0.25, 0.3) is 0 Å². The van der Waals surface area contributed by atoms with Crippen LogP contribution in [0.1, 0.15) is 5.56 Å². The Kier molecular flexibility index (Phi) is 3.55. The van der Waals surface area contributed by atoms with Crippen LogP contribution in [0, 0.1) is 0 Å². The van der Waals surface area contributed by atoms with Crippen LogP contribution < -0.4 is 10.5 Å². The molecule has 18 heavy (non-hydrogen) atoms. The summed E-state index contributed by atoms with van der Waals surface area (Å²) in [6, 6.07) is 6.10. The van der Waals surface area contributed by atoms with Crippen LogP contribution in [-0.2, 0) is 10.0 Å². The normalized spacial score (nSPS) is 11.1. The summed E-state index contributed by atoms with van der Waals surface area (Å²) in [6.45, 7) is 0. The molecule has 0 radical (unpaired) electrons. The maximum atomic E-state index is 12.0. The van der Waals surface area contributed by atoms with Crippen molar-refractivity contribution in [1.29, 1.82) is 0 Å². The second kappa shape index (κ2) is 4.96. The van der Waals surface area contributed by atoms with Crippen LogP contribution in [0.3, 0.4) is 0 Å². The lowest BCUT2D eigenvalue weighted by Gasteiger charge is -2.06. The number of nitrogens with one attached hydrogen (secondary N) is 1. The first-order valence-electron chi connectivity index (χ1n) is 4.69. The van der Waals surface area contributed by atoms with Gasteiger partial charge in [0.05, 0.1) is 11.1 Å². The maximum Gasteiger partial charge on any atom is 0.262 e. The molecular formula is C9H8N4O2S3. The van der Waals surface area contributed by atoms with Crippen molar-refractivity contribution < 1.29 is 8.42 Å². The van der Waals surface area contributed by atoms with Crippen molar-refractivity contribution in [1.82, 2.24) is 9.59 Å². The smallest absolute Gasteiger partial charge is 0.262 e. The van der Waals surface area contributed by atoms with Gasteiger partial charge in [-0.05, 0) is 12.1 Å². The standard InChI is InChI=1S/C9H8N4O2S3/c10-9(16)6-2-1-3-7(4-6)18(14,15)12-8-5-11-13-17-8/h1-5,12H,(H2,10,16). The van der Waals surface area contributed by atoms with E-state index < -0.39 is 10.0 Å². The van der Waals surface area contributed by atoms with E-state index in [2.05, 4.69) is 14.3 Å². The summed E-state index contributed by atoms with van der Waals surface area (Å²) < 4.78 is 30.0. The number of sulfonamides is 1. The summed E-state index contributed by atoms with van der Waals surface area (Å²) in [4.78, 5) is 0.229. The zero-order valence-corrected chi connectivity index (χ0v) is 11.3. The monoisotopic (exact) mass is 300 g/mol. The SMILES string of the molecule is NC(=S)c1cccc(S(=O)(=O)Nc2cnns2)c1. The molecule has 0 fully saturated rings. The van der Waals surface area contributed by atoms with E-state index >= 15 is 0 Å². The topological polar surface area (TPSA) is 98.0 Å². The molecule has 94 valence electrons.